The third-order valence-corrected chi connectivity index (χ3v) is 20.7. The van der Waals surface area contributed by atoms with Gasteiger partial charge in [0.15, 0.2) is 0 Å². The van der Waals surface area contributed by atoms with Crippen LogP contribution in [0.5, 0.6) is 0 Å². The van der Waals surface area contributed by atoms with Crippen LogP contribution in [-0.2, 0) is 53.9 Å². The third kappa shape index (κ3) is 7.61. The van der Waals surface area contributed by atoms with Crippen molar-refractivity contribution in [1.82, 2.24) is 0 Å². The first kappa shape index (κ1) is 51.3. The molecule has 9 aromatic carbocycles. The van der Waals surface area contributed by atoms with E-state index in [9.17, 15) is 0 Å². The van der Waals surface area contributed by atoms with Crippen LogP contribution in [0.1, 0.15) is 140 Å². The summed E-state index contributed by atoms with van der Waals surface area (Å²) in [5.41, 5.74) is 31.8. The zero-order valence-electron chi connectivity index (χ0n) is 50.5. The van der Waals surface area contributed by atoms with E-state index < -0.39 is 5.54 Å². The summed E-state index contributed by atoms with van der Waals surface area (Å²) in [7, 11) is 0. The summed E-state index contributed by atoms with van der Waals surface area (Å²) >= 11 is 0. The van der Waals surface area contributed by atoms with E-state index in [1.165, 1.54) is 134 Å². The summed E-state index contributed by atoms with van der Waals surface area (Å²) in [6, 6.07) is 72.2. The fraction of sp³-hybridized carbons (Fsp3) is 0.308. The van der Waals surface area contributed by atoms with Gasteiger partial charge >= 0.3 is 0 Å². The first-order valence-corrected chi connectivity index (χ1v) is 30.6. The minimum Gasteiger partial charge on any atom is -0.330 e. The first-order chi connectivity index (χ1) is 39.1. The van der Waals surface area contributed by atoms with Gasteiger partial charge in [0.2, 0.25) is 0 Å². The van der Waals surface area contributed by atoms with Crippen molar-refractivity contribution < 1.29 is 0 Å². The van der Waals surface area contributed by atoms with Crippen LogP contribution in [0.4, 0.5) is 45.5 Å². The van der Waals surface area contributed by atoms with Gasteiger partial charge in [0.1, 0.15) is 0 Å². The first-order valence-electron chi connectivity index (χ1n) is 30.6. The summed E-state index contributed by atoms with van der Waals surface area (Å²) < 4.78 is 0. The summed E-state index contributed by atoms with van der Waals surface area (Å²) in [5.74, 6) is 0. The molecule has 15 rings (SSSR count). The average Bonchev–Trinajstić information content (AvgIpc) is 1.91. The van der Waals surface area contributed by atoms with Gasteiger partial charge in [0.25, 0.3) is 6.71 Å². The second-order valence-corrected chi connectivity index (χ2v) is 29.5. The van der Waals surface area contributed by atoms with E-state index in [4.69, 9.17) is 0 Å². The maximum absolute atomic E-state index is 2.83. The molecule has 0 aromatic heterocycles. The average molecular weight is 1070 g/mol. The summed E-state index contributed by atoms with van der Waals surface area (Å²) in [5, 5.41) is 0. The molecule has 0 fully saturated rings. The zero-order chi connectivity index (χ0) is 56.6. The van der Waals surface area contributed by atoms with E-state index >= 15 is 0 Å². The molecule has 408 valence electrons. The molecule has 9 aromatic rings. The quantitative estimate of drug-likeness (QED) is 0.159. The van der Waals surface area contributed by atoms with Gasteiger partial charge in [0.05, 0.1) is 11.2 Å². The lowest BCUT2D eigenvalue weighted by Crippen LogP contribution is -2.61. The van der Waals surface area contributed by atoms with E-state index in [1.54, 1.807) is 0 Å². The maximum Gasteiger partial charge on any atom is 0.252 e. The fourth-order valence-electron chi connectivity index (χ4n) is 16.4. The molecule has 6 aliphatic rings. The lowest BCUT2D eigenvalue weighted by molar-refractivity contribution is 0.245. The van der Waals surface area contributed by atoms with Crippen LogP contribution in [0.3, 0.4) is 0 Å². The largest absolute Gasteiger partial charge is 0.330 e. The highest BCUT2D eigenvalue weighted by Gasteiger charge is 2.60. The summed E-state index contributed by atoms with van der Waals surface area (Å²) in [6.07, 6.45) is 6.43. The predicted octanol–water partition coefficient (Wildman–Crippen LogP) is 18.2. The molecule has 0 bridgehead atoms. The Morgan fingerprint density at radius 2 is 0.976 bits per heavy atom. The van der Waals surface area contributed by atoms with Gasteiger partial charge in [-0.1, -0.05) is 204 Å². The standard InChI is InChI=1S/C78H78BN3/c1-73(2,3)57-29-33-66(61(41-57)50-23-17-14-18-24-50)81-68-39-52(49-21-15-13-16-22-49)28-32-64(68)79-65-38-55-47-76(9,10)48-56(55)40-69(65)80(59-31-27-53-45-75(7,8)46-54(53)37-59)70-43-60(44-71(81)72(70)79)82-67-34-30-58(74(4,5)6)42-63(67)77(11)36-35-51-25-19-20-26-62(51)78(77,82)12/h13-34,37-44H,35-36,45-48H2,1-12H3. The van der Waals surface area contributed by atoms with Crippen molar-refractivity contribution in [2.24, 2.45) is 10.8 Å². The molecule has 4 heteroatoms. The third-order valence-electron chi connectivity index (χ3n) is 20.7. The Kier molecular flexibility index (Phi) is 11.0. The van der Waals surface area contributed by atoms with E-state index in [0.29, 0.717) is 0 Å². The molecule has 3 aliphatic carbocycles. The molecule has 0 saturated carbocycles. The Morgan fingerprint density at radius 1 is 0.390 bits per heavy atom. The number of rotatable bonds is 5. The number of aryl methyl sites for hydroxylation is 1. The zero-order valence-corrected chi connectivity index (χ0v) is 50.5. The smallest absolute Gasteiger partial charge is 0.252 e. The minimum atomic E-state index is -0.425. The van der Waals surface area contributed by atoms with Crippen LogP contribution in [0.25, 0.3) is 22.3 Å². The Morgan fingerprint density at radius 3 is 1.67 bits per heavy atom. The van der Waals surface area contributed by atoms with Gasteiger partial charge in [-0.15, -0.1) is 0 Å². The number of nitrogens with zero attached hydrogens (tertiary/aromatic N) is 3. The molecule has 3 aliphatic heterocycles. The van der Waals surface area contributed by atoms with Gasteiger partial charge in [0, 0.05) is 50.8 Å². The van der Waals surface area contributed by atoms with Crippen molar-refractivity contribution in [3.8, 4) is 22.3 Å². The van der Waals surface area contributed by atoms with Crippen molar-refractivity contribution in [3.05, 3.63) is 232 Å². The van der Waals surface area contributed by atoms with Gasteiger partial charge in [-0.3, -0.25) is 0 Å². The van der Waals surface area contributed by atoms with Gasteiger partial charge in [-0.2, -0.15) is 0 Å². The maximum atomic E-state index is 2.83. The highest BCUT2D eigenvalue weighted by atomic mass is 15.3. The van der Waals surface area contributed by atoms with E-state index in [1.807, 2.05) is 0 Å². The molecule has 3 heterocycles. The van der Waals surface area contributed by atoms with Crippen molar-refractivity contribution in [1.29, 1.82) is 0 Å². The van der Waals surface area contributed by atoms with Crippen LogP contribution in [-0.4, -0.2) is 6.71 Å². The van der Waals surface area contributed by atoms with Crippen molar-refractivity contribution >= 4 is 68.6 Å². The number of fused-ring (bicyclic) bond motifs is 11. The number of benzene rings is 9. The lowest BCUT2D eigenvalue weighted by Gasteiger charge is -2.52. The van der Waals surface area contributed by atoms with Crippen molar-refractivity contribution in [3.63, 3.8) is 0 Å². The highest BCUT2D eigenvalue weighted by molar-refractivity contribution is 7.00. The van der Waals surface area contributed by atoms with Gasteiger partial charge < -0.3 is 14.7 Å². The molecular formula is C78H78BN3. The van der Waals surface area contributed by atoms with Crippen molar-refractivity contribution in [2.45, 2.75) is 143 Å². The number of hydrogen-bond donors (Lipinski definition) is 0. The number of anilines is 8. The minimum absolute atomic E-state index is 0.00730. The molecule has 0 amide bonds. The van der Waals surface area contributed by atoms with Gasteiger partial charge in [-0.25, -0.2) is 0 Å². The van der Waals surface area contributed by atoms with E-state index in [-0.39, 0.29) is 33.8 Å². The molecule has 0 spiro atoms. The summed E-state index contributed by atoms with van der Waals surface area (Å²) in [6.45, 7) is 29.2. The molecule has 0 saturated heterocycles. The second kappa shape index (κ2) is 17.5. The van der Waals surface area contributed by atoms with Gasteiger partial charge in [-0.05, 0) is 205 Å². The lowest BCUT2D eigenvalue weighted by atomic mass is 9.33. The number of hydrogen-bond acceptors (Lipinski definition) is 3. The Hall–Kier alpha value is -7.56. The SMILES string of the molecule is CC1(C)Cc2ccc(N3c4cc5c(cc4B4c6ccc(-c7ccccc7)cc6N(c6ccc(C(C)(C)C)cc6-c6ccccc6)c6cc(N7c8ccc(C(C)(C)C)cc8C8(C)CCc9ccccc9C78C)cc3c64)CC(C)(C)C5)cc2C1. The van der Waals surface area contributed by atoms with Crippen LogP contribution in [0.15, 0.2) is 182 Å². The predicted molar refractivity (Wildman–Crippen MR) is 349 cm³/mol. The molecule has 82 heavy (non-hydrogen) atoms. The van der Waals surface area contributed by atoms with Crippen LogP contribution >= 0.6 is 0 Å². The van der Waals surface area contributed by atoms with Crippen molar-refractivity contribution in [2.75, 3.05) is 14.7 Å². The van der Waals surface area contributed by atoms with Crippen LogP contribution < -0.4 is 31.1 Å². The Labute approximate surface area is 489 Å². The van der Waals surface area contributed by atoms with Crippen LogP contribution in [0.2, 0.25) is 0 Å². The topological polar surface area (TPSA) is 9.72 Å². The highest BCUT2D eigenvalue weighted by Crippen LogP contribution is 2.65. The molecule has 2 atom stereocenters. The second-order valence-electron chi connectivity index (χ2n) is 29.5. The monoisotopic (exact) mass is 1070 g/mol. The Balaban J connectivity index is 1.10. The normalized spacial score (nSPS) is 20.3. The fourth-order valence-corrected chi connectivity index (χ4v) is 16.4. The Bertz CT molecular complexity index is 4130. The molecule has 2 unspecified atom stereocenters. The molecule has 0 N–H and O–H groups in total. The van der Waals surface area contributed by atoms with E-state index in [2.05, 4.69) is 280 Å². The summed E-state index contributed by atoms with van der Waals surface area (Å²) in [4.78, 5) is 8.29. The van der Waals surface area contributed by atoms with E-state index in [0.717, 1.165) is 38.5 Å². The van der Waals surface area contributed by atoms with Crippen LogP contribution in [0, 0.1) is 10.8 Å². The molecular weight excluding hydrogens is 990 g/mol. The molecule has 3 nitrogen and oxygen atoms in total. The molecule has 0 radical (unpaired) electrons.